The number of carbonyl (C=O) groups excluding carboxylic acids is 2. The molecule has 41 heavy (non-hydrogen) atoms. The first-order valence-electron chi connectivity index (χ1n) is 13.6. The maximum atomic E-state index is 13.4. The van der Waals surface area contributed by atoms with Gasteiger partial charge in [0.15, 0.2) is 0 Å². The molecular weight excluding hydrogens is 637 g/mol. The van der Waals surface area contributed by atoms with Crippen LogP contribution in [0.1, 0.15) is 69.7 Å². The normalized spacial score (nSPS) is 11.9. The molecule has 0 radical (unpaired) electrons. The summed E-state index contributed by atoms with van der Waals surface area (Å²) in [7, 11) is 1.63. The zero-order valence-electron chi connectivity index (χ0n) is 25.2. The molecule has 0 bridgehead atoms. The van der Waals surface area contributed by atoms with E-state index in [0.29, 0.717) is 61.9 Å². The number of halogens is 1. The third kappa shape index (κ3) is 8.42. The third-order valence-electron chi connectivity index (χ3n) is 6.22. The smallest absolute Gasteiger partial charge is 0.410 e. The fourth-order valence-electron chi connectivity index (χ4n) is 4.62. The Bertz CT molecular complexity index is 1450. The van der Waals surface area contributed by atoms with Crippen LogP contribution in [-0.4, -0.2) is 68.6 Å². The van der Waals surface area contributed by atoms with E-state index in [1.807, 2.05) is 39.2 Å². The van der Waals surface area contributed by atoms with E-state index in [2.05, 4.69) is 52.9 Å². The molecule has 11 nitrogen and oxygen atoms in total. The van der Waals surface area contributed by atoms with Gasteiger partial charge in [-0.25, -0.2) is 9.78 Å². The van der Waals surface area contributed by atoms with Gasteiger partial charge >= 0.3 is 6.09 Å². The van der Waals surface area contributed by atoms with Crippen molar-refractivity contribution < 1.29 is 19.1 Å². The van der Waals surface area contributed by atoms with Crippen molar-refractivity contribution in [3.05, 3.63) is 38.7 Å². The first kappa shape index (κ1) is 32.3. The lowest BCUT2D eigenvalue weighted by molar-refractivity contribution is 0.0151. The molecular formula is C29H40IN7O4. The lowest BCUT2D eigenvalue weighted by Crippen LogP contribution is -2.44. The number of aromatic nitrogens is 4. The van der Waals surface area contributed by atoms with Gasteiger partial charge in [0.05, 0.1) is 28.4 Å². The van der Waals surface area contributed by atoms with Gasteiger partial charge in [0.25, 0.3) is 5.91 Å². The summed E-state index contributed by atoms with van der Waals surface area (Å²) >= 11 is 2.19. The van der Waals surface area contributed by atoms with Crippen molar-refractivity contribution in [3.8, 4) is 6.07 Å². The number of anilines is 1. The summed E-state index contributed by atoms with van der Waals surface area (Å²) < 4.78 is 15.4. The Labute approximate surface area is 255 Å². The molecule has 0 aliphatic carbocycles. The summed E-state index contributed by atoms with van der Waals surface area (Å²) in [5.41, 5.74) is 1.98. The van der Waals surface area contributed by atoms with E-state index in [4.69, 9.17) is 14.5 Å². The maximum absolute atomic E-state index is 13.4. The predicted octanol–water partition coefficient (Wildman–Crippen LogP) is 5.59. The highest BCUT2D eigenvalue weighted by atomic mass is 127. The zero-order valence-corrected chi connectivity index (χ0v) is 27.3. The van der Waals surface area contributed by atoms with Crippen LogP contribution in [0.2, 0.25) is 0 Å². The van der Waals surface area contributed by atoms with E-state index < -0.39 is 11.0 Å². The molecule has 0 saturated carbocycles. The van der Waals surface area contributed by atoms with Crippen molar-refractivity contribution in [2.45, 2.75) is 73.6 Å². The molecule has 0 saturated heterocycles. The number of hydrogen-bond donors (Lipinski definition) is 1. The summed E-state index contributed by atoms with van der Waals surface area (Å²) in [6.45, 7) is 15.8. The van der Waals surface area contributed by atoms with Gasteiger partial charge < -0.3 is 18.9 Å². The van der Waals surface area contributed by atoms with Gasteiger partial charge in [-0.1, -0.05) is 13.8 Å². The average Bonchev–Trinajstić information content (AvgIpc) is 3.41. The third-order valence-corrected chi connectivity index (χ3v) is 7.04. The van der Waals surface area contributed by atoms with Crippen molar-refractivity contribution in [1.82, 2.24) is 24.2 Å². The van der Waals surface area contributed by atoms with Crippen LogP contribution >= 0.6 is 22.6 Å². The Balaban J connectivity index is 2.01. The molecule has 222 valence electrons. The molecule has 12 heteroatoms. The van der Waals surface area contributed by atoms with Crippen LogP contribution < -0.4 is 5.32 Å². The molecule has 3 rings (SSSR count). The Morgan fingerprint density at radius 3 is 2.51 bits per heavy atom. The van der Waals surface area contributed by atoms with E-state index >= 15 is 0 Å². The van der Waals surface area contributed by atoms with Crippen LogP contribution in [0.25, 0.3) is 11.0 Å². The molecule has 2 aromatic heterocycles. The number of fused-ring (bicyclic) bond motifs is 1. The van der Waals surface area contributed by atoms with E-state index in [1.165, 1.54) is 0 Å². The second-order valence-electron chi connectivity index (χ2n) is 11.8. The Morgan fingerprint density at radius 1 is 1.20 bits per heavy atom. The highest BCUT2D eigenvalue weighted by molar-refractivity contribution is 14.1. The summed E-state index contributed by atoms with van der Waals surface area (Å²) in [6.07, 6.45) is 0.280. The molecule has 0 aliphatic rings. The van der Waals surface area contributed by atoms with Crippen LogP contribution in [0, 0.1) is 27.2 Å². The zero-order chi connectivity index (χ0) is 30.5. The Morgan fingerprint density at radius 2 is 1.90 bits per heavy atom. The number of carbonyl (C=O) groups is 2. The predicted molar refractivity (Wildman–Crippen MR) is 166 cm³/mol. The minimum atomic E-state index is -0.628. The molecule has 2 amide bonds. The second kappa shape index (κ2) is 13.2. The van der Waals surface area contributed by atoms with E-state index in [1.54, 1.807) is 34.9 Å². The van der Waals surface area contributed by atoms with Crippen LogP contribution in [-0.2, 0) is 22.6 Å². The summed E-state index contributed by atoms with van der Waals surface area (Å²) in [5, 5.41) is 16.9. The number of nitrogens with zero attached hydrogens (tertiary/aromatic N) is 6. The molecule has 0 fully saturated rings. The number of nitrogens with one attached hydrogen (secondary N) is 1. The summed E-state index contributed by atoms with van der Waals surface area (Å²) in [6, 6.07) is 7.44. The number of ether oxygens (including phenoxy) is 2. The average molecular weight is 678 g/mol. The van der Waals surface area contributed by atoms with Gasteiger partial charge in [-0.15, -0.1) is 0 Å². The topological polar surface area (TPSA) is 127 Å². The van der Waals surface area contributed by atoms with Crippen molar-refractivity contribution in [2.75, 3.05) is 32.1 Å². The molecule has 0 aliphatic heterocycles. The number of benzene rings is 1. The molecule has 0 atom stereocenters. The largest absolute Gasteiger partial charge is 0.444 e. The first-order chi connectivity index (χ1) is 19.2. The van der Waals surface area contributed by atoms with Gasteiger partial charge in [-0.3, -0.25) is 14.8 Å². The van der Waals surface area contributed by atoms with Crippen LogP contribution in [0.15, 0.2) is 18.2 Å². The second-order valence-corrected chi connectivity index (χ2v) is 13.0. The van der Waals surface area contributed by atoms with Crippen molar-refractivity contribution >= 4 is 51.6 Å². The van der Waals surface area contributed by atoms with Crippen LogP contribution in [0.3, 0.4) is 0 Å². The quantitative estimate of drug-likeness (QED) is 0.207. The fraction of sp³-hybridized carbons (Fsp3) is 0.552. The molecule has 0 unspecified atom stereocenters. The number of hydrogen-bond acceptors (Lipinski definition) is 7. The van der Waals surface area contributed by atoms with Crippen LogP contribution in [0.4, 0.5) is 10.7 Å². The highest BCUT2D eigenvalue weighted by Gasteiger charge is 2.31. The lowest BCUT2D eigenvalue weighted by atomic mass is 9.92. The summed E-state index contributed by atoms with van der Waals surface area (Å²) in [4.78, 5) is 33.0. The molecule has 1 aromatic carbocycles. The fourth-order valence-corrected chi connectivity index (χ4v) is 5.52. The van der Waals surface area contributed by atoms with Gasteiger partial charge in [0.1, 0.15) is 11.3 Å². The number of methoxy groups -OCH3 is 1. The number of imidazole rings is 1. The van der Waals surface area contributed by atoms with E-state index in [-0.39, 0.29) is 12.0 Å². The number of amides is 2. The van der Waals surface area contributed by atoms with Crippen molar-refractivity contribution in [2.24, 2.45) is 5.41 Å². The molecule has 1 N–H and O–H groups in total. The lowest BCUT2D eigenvalue weighted by Gasteiger charge is -2.34. The van der Waals surface area contributed by atoms with Crippen molar-refractivity contribution in [3.63, 3.8) is 0 Å². The highest BCUT2D eigenvalue weighted by Crippen LogP contribution is 2.31. The Kier molecular flexibility index (Phi) is 10.4. The van der Waals surface area contributed by atoms with E-state index in [9.17, 15) is 14.9 Å². The molecule has 3 aromatic rings. The maximum Gasteiger partial charge on any atom is 0.410 e. The molecule has 2 heterocycles. The van der Waals surface area contributed by atoms with Crippen LogP contribution in [0.5, 0.6) is 0 Å². The molecule has 0 spiro atoms. The monoisotopic (exact) mass is 677 g/mol. The van der Waals surface area contributed by atoms with Gasteiger partial charge in [-0.2, -0.15) is 10.4 Å². The number of aryl methyl sites for hydroxylation is 2. The van der Waals surface area contributed by atoms with Gasteiger partial charge in [0.2, 0.25) is 5.95 Å². The minimum absolute atomic E-state index is 0.327. The van der Waals surface area contributed by atoms with E-state index in [0.717, 1.165) is 14.8 Å². The standard InChI is InChI=1S/C29H40IN7O4/c1-9-37-23(13-19(2)34-37)25(38)33-26-32-22-15-20(16-31)14-21(30)24(22)36(26)18-29(6,7)17-35(11-10-12-40-8)27(39)41-28(3,4)5/h13-15H,9-12,17-18H2,1-8H3,(H,32,33,38). The van der Waals surface area contributed by atoms with Gasteiger partial charge in [0, 0.05) is 48.9 Å². The van der Waals surface area contributed by atoms with Crippen molar-refractivity contribution in [1.29, 1.82) is 5.26 Å². The number of rotatable bonds is 11. The SMILES string of the molecule is CCn1nc(C)cc1C(=O)Nc1nc2cc(C#N)cc(I)c2n1CC(C)(C)CN(CCCOC)C(=O)OC(C)(C)C. The minimum Gasteiger partial charge on any atom is -0.444 e. The summed E-state index contributed by atoms with van der Waals surface area (Å²) in [5.74, 6) is 0.0306. The Hall–Kier alpha value is -3.18. The first-order valence-corrected chi connectivity index (χ1v) is 14.7. The number of nitriles is 1. The van der Waals surface area contributed by atoms with Gasteiger partial charge in [-0.05, 0) is 81.8 Å².